The highest BCUT2D eigenvalue weighted by Crippen LogP contribution is 2.12. The number of aliphatic hydroxyl groups is 2. The first-order valence-corrected chi connectivity index (χ1v) is 14.7. The molecule has 0 saturated carbocycles. The van der Waals surface area contributed by atoms with E-state index in [1.807, 2.05) is 6.08 Å². The summed E-state index contributed by atoms with van der Waals surface area (Å²) in [7, 11) is 1.63. The minimum atomic E-state index is -0.939. The summed E-state index contributed by atoms with van der Waals surface area (Å²) in [5, 5.41) is 22.4. The van der Waals surface area contributed by atoms with Crippen molar-refractivity contribution in [1.82, 2.24) is 5.32 Å². The lowest BCUT2D eigenvalue weighted by Crippen LogP contribution is -2.46. The summed E-state index contributed by atoms with van der Waals surface area (Å²) >= 11 is 0. The number of rotatable bonds is 30. The van der Waals surface area contributed by atoms with Gasteiger partial charge in [0.15, 0.2) is 0 Å². The third kappa shape index (κ3) is 26.5. The molecule has 2 unspecified atom stereocenters. The van der Waals surface area contributed by atoms with E-state index < -0.39 is 18.1 Å². The fourth-order valence-electron chi connectivity index (χ4n) is 3.75. The lowest BCUT2D eigenvalue weighted by atomic mass is 10.0. The van der Waals surface area contributed by atoms with Gasteiger partial charge >= 0.3 is 0 Å². The summed E-state index contributed by atoms with van der Waals surface area (Å²) in [6, 6.07) is -0.758. The Morgan fingerprint density at radius 2 is 1.21 bits per heavy atom. The number of carbonyl (C=O) groups is 1. The van der Waals surface area contributed by atoms with Crippen molar-refractivity contribution in [2.75, 3.05) is 73.2 Å². The molecule has 9 nitrogen and oxygen atoms in total. The zero-order chi connectivity index (χ0) is 27.9. The molecule has 0 spiro atoms. The van der Waals surface area contributed by atoms with Crippen LogP contribution in [0.5, 0.6) is 0 Å². The molecule has 0 heterocycles. The van der Waals surface area contributed by atoms with E-state index in [1.165, 1.54) is 64.2 Å². The summed E-state index contributed by atoms with van der Waals surface area (Å²) in [4.78, 5) is 12.0. The van der Waals surface area contributed by atoms with Crippen LogP contribution in [-0.2, 0) is 28.5 Å². The topological polar surface area (TPSA) is 116 Å². The van der Waals surface area contributed by atoms with Crippen molar-refractivity contribution < 1.29 is 38.7 Å². The normalized spacial score (nSPS) is 13.3. The minimum Gasteiger partial charge on any atom is -0.394 e. The highest BCUT2D eigenvalue weighted by molar-refractivity contribution is 5.77. The molecule has 0 fully saturated rings. The number of amides is 1. The molecule has 0 aliphatic heterocycles. The van der Waals surface area contributed by atoms with Crippen LogP contribution in [0.2, 0.25) is 0 Å². The fourth-order valence-corrected chi connectivity index (χ4v) is 3.75. The van der Waals surface area contributed by atoms with Gasteiger partial charge in [-0.05, 0) is 12.8 Å². The predicted octanol–water partition coefficient (Wildman–Crippen LogP) is 3.79. The van der Waals surface area contributed by atoms with Crippen molar-refractivity contribution >= 4 is 5.91 Å². The number of nitrogens with one attached hydrogen (secondary N) is 1. The van der Waals surface area contributed by atoms with Crippen LogP contribution in [-0.4, -0.2) is 101 Å². The van der Waals surface area contributed by atoms with Crippen molar-refractivity contribution in [3.63, 3.8) is 0 Å². The van der Waals surface area contributed by atoms with Crippen LogP contribution >= 0.6 is 0 Å². The second-order valence-corrected chi connectivity index (χ2v) is 9.48. The van der Waals surface area contributed by atoms with Gasteiger partial charge < -0.3 is 39.2 Å². The van der Waals surface area contributed by atoms with E-state index >= 15 is 0 Å². The Labute approximate surface area is 231 Å². The molecule has 2 atom stereocenters. The highest BCUT2D eigenvalue weighted by Gasteiger charge is 2.18. The number of aliphatic hydroxyl groups excluding tert-OH is 2. The molecule has 0 rings (SSSR count). The van der Waals surface area contributed by atoms with Crippen LogP contribution in [0.4, 0.5) is 0 Å². The zero-order valence-corrected chi connectivity index (χ0v) is 24.2. The first-order valence-electron chi connectivity index (χ1n) is 14.7. The van der Waals surface area contributed by atoms with Crippen LogP contribution in [0, 0.1) is 0 Å². The largest absolute Gasteiger partial charge is 0.394 e. The van der Waals surface area contributed by atoms with Crippen LogP contribution in [0.1, 0.15) is 84.0 Å². The van der Waals surface area contributed by atoms with E-state index in [2.05, 4.69) is 12.2 Å². The Kier molecular flexibility index (Phi) is 29.6. The van der Waals surface area contributed by atoms with Gasteiger partial charge in [-0.2, -0.15) is 0 Å². The summed E-state index contributed by atoms with van der Waals surface area (Å²) in [5.74, 6) is -0.390. The maximum atomic E-state index is 12.0. The Morgan fingerprint density at radius 3 is 1.71 bits per heavy atom. The van der Waals surface area contributed by atoms with Crippen molar-refractivity contribution in [1.29, 1.82) is 0 Å². The Bertz CT molecular complexity index is 521. The fraction of sp³-hybridized carbons (Fsp3) is 0.897. The lowest BCUT2D eigenvalue weighted by Gasteiger charge is -2.19. The van der Waals surface area contributed by atoms with Crippen LogP contribution in [0.15, 0.2) is 12.2 Å². The molecule has 226 valence electrons. The molecule has 9 heteroatoms. The second kappa shape index (κ2) is 30.5. The Morgan fingerprint density at radius 1 is 0.737 bits per heavy atom. The molecule has 0 aromatic heterocycles. The predicted molar refractivity (Wildman–Crippen MR) is 150 cm³/mol. The van der Waals surface area contributed by atoms with Gasteiger partial charge in [-0.15, -0.1) is 0 Å². The average molecular weight is 548 g/mol. The van der Waals surface area contributed by atoms with E-state index in [4.69, 9.17) is 23.7 Å². The van der Waals surface area contributed by atoms with Gasteiger partial charge in [-0.1, -0.05) is 83.3 Å². The van der Waals surface area contributed by atoms with Gasteiger partial charge in [-0.25, -0.2) is 0 Å². The third-order valence-electron chi connectivity index (χ3n) is 6.04. The van der Waals surface area contributed by atoms with Crippen molar-refractivity contribution in [2.24, 2.45) is 0 Å². The molecule has 0 saturated heterocycles. The molecule has 0 radical (unpaired) electrons. The summed E-state index contributed by atoms with van der Waals surface area (Å²) in [6.07, 6.45) is 17.8. The molecule has 0 aliphatic carbocycles. The van der Waals surface area contributed by atoms with Crippen molar-refractivity contribution in [2.45, 2.75) is 96.1 Å². The van der Waals surface area contributed by atoms with Gasteiger partial charge in [0.2, 0.25) is 5.91 Å². The number of hydrogen-bond donors (Lipinski definition) is 3. The van der Waals surface area contributed by atoms with E-state index in [0.29, 0.717) is 46.2 Å². The summed E-state index contributed by atoms with van der Waals surface area (Å²) in [6.45, 7) is 5.35. The standard InChI is InChI=1S/C29H57NO8/c1-3-4-5-6-7-8-9-10-11-12-13-14-15-16-28(32)27(25-31)30-29(33)26-38-24-23-37-22-21-36-20-19-35-18-17-34-2/h15-16,27-28,31-32H,3-14,17-26H2,1-2H3,(H,30,33)/b16-15+. The number of ether oxygens (including phenoxy) is 5. The molecule has 0 bridgehead atoms. The molecule has 3 N–H and O–H groups in total. The second-order valence-electron chi connectivity index (χ2n) is 9.48. The van der Waals surface area contributed by atoms with Gasteiger partial charge in [-0.3, -0.25) is 4.79 Å². The summed E-state index contributed by atoms with van der Waals surface area (Å²) in [5.41, 5.74) is 0. The SMILES string of the molecule is CCCCCCCCCCCCC/C=C/C(O)C(CO)NC(=O)COCCOCCOCCOCCOC. The molecular weight excluding hydrogens is 490 g/mol. The number of methoxy groups -OCH3 is 1. The third-order valence-corrected chi connectivity index (χ3v) is 6.04. The number of carbonyl (C=O) groups excluding carboxylic acids is 1. The number of unbranched alkanes of at least 4 members (excludes halogenated alkanes) is 11. The summed E-state index contributed by atoms with van der Waals surface area (Å²) < 4.78 is 26.2. The van der Waals surface area contributed by atoms with Crippen LogP contribution in [0.3, 0.4) is 0 Å². The molecular formula is C29H57NO8. The maximum Gasteiger partial charge on any atom is 0.246 e. The van der Waals surface area contributed by atoms with Crippen LogP contribution in [0.25, 0.3) is 0 Å². The highest BCUT2D eigenvalue weighted by atomic mass is 16.6. The van der Waals surface area contributed by atoms with E-state index in [9.17, 15) is 15.0 Å². The molecule has 0 aromatic rings. The van der Waals surface area contributed by atoms with E-state index in [1.54, 1.807) is 13.2 Å². The van der Waals surface area contributed by atoms with E-state index in [-0.39, 0.29) is 19.8 Å². The quantitative estimate of drug-likeness (QED) is 0.0919. The molecule has 1 amide bonds. The number of hydrogen-bond acceptors (Lipinski definition) is 8. The zero-order valence-electron chi connectivity index (χ0n) is 24.2. The minimum absolute atomic E-state index is 0.162. The van der Waals surface area contributed by atoms with Crippen LogP contribution < -0.4 is 5.32 Å². The number of allylic oxidation sites excluding steroid dienone is 1. The first kappa shape index (κ1) is 36.9. The molecule has 0 aliphatic rings. The smallest absolute Gasteiger partial charge is 0.246 e. The van der Waals surface area contributed by atoms with Crippen molar-refractivity contribution in [3.8, 4) is 0 Å². The van der Waals surface area contributed by atoms with Gasteiger partial charge in [0, 0.05) is 7.11 Å². The maximum absolute atomic E-state index is 12.0. The monoisotopic (exact) mass is 547 g/mol. The first-order chi connectivity index (χ1) is 18.7. The Balaban J connectivity index is 3.63. The van der Waals surface area contributed by atoms with Crippen molar-refractivity contribution in [3.05, 3.63) is 12.2 Å². The lowest BCUT2D eigenvalue weighted by molar-refractivity contribution is -0.128. The van der Waals surface area contributed by atoms with Gasteiger partial charge in [0.05, 0.1) is 71.6 Å². The van der Waals surface area contributed by atoms with Gasteiger partial charge in [0.25, 0.3) is 0 Å². The van der Waals surface area contributed by atoms with Gasteiger partial charge in [0.1, 0.15) is 6.61 Å². The molecule has 0 aromatic carbocycles. The Hall–Kier alpha value is -1.07. The average Bonchev–Trinajstić information content (AvgIpc) is 2.92. The van der Waals surface area contributed by atoms with E-state index in [0.717, 1.165) is 12.8 Å². The molecule has 38 heavy (non-hydrogen) atoms.